The van der Waals surface area contributed by atoms with E-state index in [9.17, 15) is 4.79 Å². The molecule has 5 heteroatoms. The second-order valence-electron chi connectivity index (χ2n) is 5.22. The van der Waals surface area contributed by atoms with E-state index in [4.69, 9.17) is 9.47 Å². The molecule has 2 N–H and O–H groups in total. The normalized spacial score (nSPS) is 17.5. The molecule has 0 spiro atoms. The lowest BCUT2D eigenvalue weighted by Gasteiger charge is -2.11. The van der Waals surface area contributed by atoms with E-state index in [0.29, 0.717) is 25.6 Å². The summed E-state index contributed by atoms with van der Waals surface area (Å²) in [6.45, 7) is 2.28. The smallest absolute Gasteiger partial charge is 0.221 e. The van der Waals surface area contributed by atoms with Gasteiger partial charge in [-0.2, -0.15) is 0 Å². The van der Waals surface area contributed by atoms with Gasteiger partial charge in [0.05, 0.1) is 13.7 Å². The lowest BCUT2D eigenvalue weighted by Crippen LogP contribution is -2.32. The van der Waals surface area contributed by atoms with Crippen LogP contribution in [0.2, 0.25) is 0 Å². The van der Waals surface area contributed by atoms with Gasteiger partial charge in [-0.25, -0.2) is 0 Å². The molecule has 5 nitrogen and oxygen atoms in total. The molecular formula is C16H24N2O3. The third-order valence-electron chi connectivity index (χ3n) is 3.57. The molecule has 21 heavy (non-hydrogen) atoms. The summed E-state index contributed by atoms with van der Waals surface area (Å²) in [4.78, 5) is 11.7. The summed E-state index contributed by atoms with van der Waals surface area (Å²) >= 11 is 0. The summed E-state index contributed by atoms with van der Waals surface area (Å²) in [5, 5.41) is 6.26. The largest absolute Gasteiger partial charge is 0.497 e. The van der Waals surface area contributed by atoms with Gasteiger partial charge in [-0.3, -0.25) is 4.79 Å². The fourth-order valence-electron chi connectivity index (χ4n) is 2.39. The monoisotopic (exact) mass is 292 g/mol. The van der Waals surface area contributed by atoms with Gasteiger partial charge in [0.2, 0.25) is 5.91 Å². The average Bonchev–Trinajstić information content (AvgIpc) is 3.00. The van der Waals surface area contributed by atoms with Gasteiger partial charge in [0.25, 0.3) is 0 Å². The van der Waals surface area contributed by atoms with Gasteiger partial charge < -0.3 is 20.1 Å². The summed E-state index contributed by atoms with van der Waals surface area (Å²) in [6.07, 6.45) is 3.66. The Morgan fingerprint density at radius 2 is 2.10 bits per heavy atom. The van der Waals surface area contributed by atoms with Crippen LogP contribution in [0.5, 0.6) is 11.5 Å². The van der Waals surface area contributed by atoms with Crippen LogP contribution in [0.15, 0.2) is 24.3 Å². The molecule has 0 radical (unpaired) electrons. The lowest BCUT2D eigenvalue weighted by atomic mass is 10.1. The summed E-state index contributed by atoms with van der Waals surface area (Å²) in [6, 6.07) is 7.85. The molecule has 1 saturated heterocycles. The van der Waals surface area contributed by atoms with Crippen LogP contribution in [0.1, 0.15) is 25.7 Å². The van der Waals surface area contributed by atoms with Crippen LogP contribution in [0.25, 0.3) is 0 Å². The van der Waals surface area contributed by atoms with Crippen LogP contribution in [0, 0.1) is 0 Å². The van der Waals surface area contributed by atoms with Crippen molar-refractivity contribution < 1.29 is 14.3 Å². The maximum Gasteiger partial charge on any atom is 0.221 e. The predicted octanol–water partition coefficient (Wildman–Crippen LogP) is 1.72. The van der Waals surface area contributed by atoms with Gasteiger partial charge in [-0.05, 0) is 50.1 Å². The van der Waals surface area contributed by atoms with E-state index < -0.39 is 0 Å². The van der Waals surface area contributed by atoms with Crippen molar-refractivity contribution in [2.24, 2.45) is 0 Å². The molecule has 2 rings (SSSR count). The van der Waals surface area contributed by atoms with E-state index in [1.54, 1.807) is 7.11 Å². The first-order valence-electron chi connectivity index (χ1n) is 7.55. The second kappa shape index (κ2) is 8.52. The minimum atomic E-state index is 0.124. The highest BCUT2D eigenvalue weighted by Gasteiger charge is 2.16. The number of nitrogens with one attached hydrogen (secondary N) is 2. The Kier molecular flexibility index (Phi) is 6.34. The first-order valence-corrected chi connectivity index (χ1v) is 7.55. The van der Waals surface area contributed by atoms with E-state index in [1.807, 2.05) is 24.3 Å². The topological polar surface area (TPSA) is 59.6 Å². The van der Waals surface area contributed by atoms with E-state index in [-0.39, 0.29) is 5.91 Å². The molecule has 0 saturated carbocycles. The quantitative estimate of drug-likeness (QED) is 0.716. The van der Waals surface area contributed by atoms with Crippen molar-refractivity contribution in [1.29, 1.82) is 0 Å². The Balaban J connectivity index is 1.53. The molecule has 0 aliphatic carbocycles. The number of methoxy groups -OCH3 is 1. The molecule has 1 atom stereocenters. The SMILES string of the molecule is COc1ccc(OCCCNC(=O)CC2CCCN2)cc1. The number of ether oxygens (including phenoxy) is 2. The van der Waals surface area contributed by atoms with Crippen LogP contribution >= 0.6 is 0 Å². The number of hydrogen-bond acceptors (Lipinski definition) is 4. The van der Waals surface area contributed by atoms with Crippen molar-refractivity contribution in [1.82, 2.24) is 10.6 Å². The third-order valence-corrected chi connectivity index (χ3v) is 3.57. The maximum atomic E-state index is 11.7. The molecule has 0 bridgehead atoms. The summed E-state index contributed by atoms with van der Waals surface area (Å²) in [7, 11) is 1.64. The summed E-state index contributed by atoms with van der Waals surface area (Å²) in [5.74, 6) is 1.76. The summed E-state index contributed by atoms with van der Waals surface area (Å²) < 4.78 is 10.7. The number of carbonyl (C=O) groups excluding carboxylic acids is 1. The molecule has 1 unspecified atom stereocenters. The molecule has 1 aliphatic heterocycles. The number of hydrogen-bond donors (Lipinski definition) is 2. The summed E-state index contributed by atoms with van der Waals surface area (Å²) in [5.41, 5.74) is 0. The van der Waals surface area contributed by atoms with E-state index in [0.717, 1.165) is 30.9 Å². The molecule has 0 aromatic heterocycles. The number of carbonyl (C=O) groups is 1. The fraction of sp³-hybridized carbons (Fsp3) is 0.562. The van der Waals surface area contributed by atoms with Crippen molar-refractivity contribution >= 4 is 5.91 Å². The van der Waals surface area contributed by atoms with Crippen LogP contribution in [-0.2, 0) is 4.79 Å². The number of amides is 1. The van der Waals surface area contributed by atoms with Crippen molar-refractivity contribution in [2.75, 3.05) is 26.8 Å². The van der Waals surface area contributed by atoms with Crippen molar-refractivity contribution in [3.63, 3.8) is 0 Å². The minimum Gasteiger partial charge on any atom is -0.497 e. The molecule has 1 aromatic carbocycles. The Labute approximate surface area is 126 Å². The first kappa shape index (κ1) is 15.6. The van der Waals surface area contributed by atoms with Crippen molar-refractivity contribution in [2.45, 2.75) is 31.7 Å². The zero-order valence-corrected chi connectivity index (χ0v) is 12.6. The Hall–Kier alpha value is -1.75. The highest BCUT2D eigenvalue weighted by atomic mass is 16.5. The molecule has 1 fully saturated rings. The van der Waals surface area contributed by atoms with E-state index in [1.165, 1.54) is 6.42 Å². The molecular weight excluding hydrogens is 268 g/mol. The maximum absolute atomic E-state index is 11.7. The van der Waals surface area contributed by atoms with Crippen molar-refractivity contribution in [3.8, 4) is 11.5 Å². The van der Waals surface area contributed by atoms with Gasteiger partial charge in [0, 0.05) is 19.0 Å². The Morgan fingerprint density at radius 1 is 1.33 bits per heavy atom. The standard InChI is InChI=1S/C16H24N2O3/c1-20-14-5-7-15(8-6-14)21-11-3-10-18-16(19)12-13-4-2-9-17-13/h5-8,13,17H,2-4,9-12H2,1H3,(H,18,19). The zero-order chi connectivity index (χ0) is 14.9. The highest BCUT2D eigenvalue weighted by molar-refractivity contribution is 5.76. The van der Waals surface area contributed by atoms with Gasteiger partial charge in [0.1, 0.15) is 11.5 Å². The van der Waals surface area contributed by atoms with Gasteiger partial charge in [-0.15, -0.1) is 0 Å². The Bertz CT molecular complexity index is 428. The molecule has 1 aliphatic rings. The van der Waals surface area contributed by atoms with Crippen LogP contribution in [0.3, 0.4) is 0 Å². The van der Waals surface area contributed by atoms with E-state index >= 15 is 0 Å². The molecule has 1 aromatic rings. The van der Waals surface area contributed by atoms with Crippen LogP contribution in [0.4, 0.5) is 0 Å². The lowest BCUT2D eigenvalue weighted by molar-refractivity contribution is -0.121. The minimum absolute atomic E-state index is 0.124. The molecule has 116 valence electrons. The Morgan fingerprint density at radius 3 is 2.76 bits per heavy atom. The van der Waals surface area contributed by atoms with Gasteiger partial charge >= 0.3 is 0 Å². The predicted molar refractivity (Wildman–Crippen MR) is 81.8 cm³/mol. The average molecular weight is 292 g/mol. The van der Waals surface area contributed by atoms with Crippen molar-refractivity contribution in [3.05, 3.63) is 24.3 Å². The molecule has 1 heterocycles. The molecule has 1 amide bonds. The van der Waals surface area contributed by atoms with Gasteiger partial charge in [-0.1, -0.05) is 0 Å². The zero-order valence-electron chi connectivity index (χ0n) is 12.6. The number of benzene rings is 1. The van der Waals surface area contributed by atoms with Gasteiger partial charge in [0.15, 0.2) is 0 Å². The number of rotatable bonds is 8. The fourth-order valence-corrected chi connectivity index (χ4v) is 2.39. The third kappa shape index (κ3) is 5.63. The van der Waals surface area contributed by atoms with Crippen LogP contribution in [-0.4, -0.2) is 38.8 Å². The second-order valence-corrected chi connectivity index (χ2v) is 5.22. The highest BCUT2D eigenvalue weighted by Crippen LogP contribution is 2.16. The van der Waals surface area contributed by atoms with E-state index in [2.05, 4.69) is 10.6 Å². The first-order chi connectivity index (χ1) is 10.3. The van der Waals surface area contributed by atoms with Crippen LogP contribution < -0.4 is 20.1 Å².